The van der Waals surface area contributed by atoms with Crippen LogP contribution < -0.4 is 4.74 Å². The van der Waals surface area contributed by atoms with E-state index in [4.69, 9.17) is 4.74 Å². The fourth-order valence-corrected chi connectivity index (χ4v) is 2.39. The lowest BCUT2D eigenvalue weighted by Gasteiger charge is -2.09. The number of nitrogens with zero attached hydrogens (tertiary/aromatic N) is 4. The van der Waals surface area contributed by atoms with Gasteiger partial charge in [-0.05, 0) is 12.1 Å². The van der Waals surface area contributed by atoms with Gasteiger partial charge in [0.25, 0.3) is 0 Å². The van der Waals surface area contributed by atoms with Crippen molar-refractivity contribution in [1.82, 2.24) is 19.5 Å². The molecule has 0 N–H and O–H groups in total. The van der Waals surface area contributed by atoms with E-state index < -0.39 is 23.6 Å². The summed E-state index contributed by atoms with van der Waals surface area (Å²) in [6.07, 6.45) is -5.81. The summed E-state index contributed by atoms with van der Waals surface area (Å²) < 4.78 is 83.4. The molecule has 11 heteroatoms. The molecule has 0 unspecified atom stereocenters. The van der Waals surface area contributed by atoms with E-state index in [0.717, 1.165) is 35.0 Å². The average Bonchev–Trinajstić information content (AvgIpc) is 3.06. The summed E-state index contributed by atoms with van der Waals surface area (Å²) in [6.45, 7) is -0.163. The molecule has 0 aliphatic rings. The zero-order chi connectivity index (χ0) is 20.5. The molecule has 0 aliphatic carbocycles. The third kappa shape index (κ3) is 4.24. The molecule has 2 aromatic heterocycles. The van der Waals surface area contributed by atoms with Crippen LogP contribution in [0.15, 0.2) is 42.9 Å². The largest absolute Gasteiger partial charge is 0.494 e. The minimum absolute atomic E-state index is 0.0945. The fraction of sp³-hybridized carbons (Fsp3) is 0.235. The molecule has 0 fully saturated rings. The summed E-state index contributed by atoms with van der Waals surface area (Å²) in [4.78, 5) is 11.5. The van der Waals surface area contributed by atoms with Gasteiger partial charge in [-0.25, -0.2) is 15.0 Å². The number of benzene rings is 1. The maximum Gasteiger partial charge on any atom is 0.434 e. The number of halogens is 6. The molecule has 0 saturated carbocycles. The van der Waals surface area contributed by atoms with Gasteiger partial charge in [-0.15, -0.1) is 0 Å². The molecule has 0 radical (unpaired) electrons. The SMILES string of the molecule is COc1cnc(Cn2cc(C(F)(F)F)nc2-c2ccc(C(F)(F)F)cc2)nc1. The van der Waals surface area contributed by atoms with Crippen LogP contribution in [-0.4, -0.2) is 26.6 Å². The second-order valence-corrected chi connectivity index (χ2v) is 5.69. The number of hydrogen-bond donors (Lipinski definition) is 0. The van der Waals surface area contributed by atoms with Crippen LogP contribution in [-0.2, 0) is 18.9 Å². The van der Waals surface area contributed by atoms with Crippen molar-refractivity contribution in [3.05, 3.63) is 59.9 Å². The van der Waals surface area contributed by atoms with E-state index in [1.807, 2.05) is 0 Å². The molecule has 3 aromatic rings. The highest BCUT2D eigenvalue weighted by molar-refractivity contribution is 5.57. The van der Waals surface area contributed by atoms with Gasteiger partial charge in [-0.2, -0.15) is 26.3 Å². The van der Waals surface area contributed by atoms with Crippen LogP contribution in [0, 0.1) is 0 Å². The van der Waals surface area contributed by atoms with Crippen molar-refractivity contribution in [2.24, 2.45) is 0 Å². The van der Waals surface area contributed by atoms with E-state index >= 15 is 0 Å². The predicted octanol–water partition coefficient (Wildman–Crippen LogP) is 4.43. The van der Waals surface area contributed by atoms with Gasteiger partial charge in [0.05, 0.1) is 31.6 Å². The van der Waals surface area contributed by atoms with E-state index in [1.165, 1.54) is 19.5 Å². The smallest absolute Gasteiger partial charge is 0.434 e. The molecule has 5 nitrogen and oxygen atoms in total. The van der Waals surface area contributed by atoms with Crippen molar-refractivity contribution >= 4 is 0 Å². The highest BCUT2D eigenvalue weighted by atomic mass is 19.4. The third-order valence-corrected chi connectivity index (χ3v) is 3.77. The van der Waals surface area contributed by atoms with Crippen molar-refractivity contribution in [2.45, 2.75) is 18.9 Å². The summed E-state index contributed by atoms with van der Waals surface area (Å²) in [5.74, 6) is 0.397. The molecule has 0 spiro atoms. The number of methoxy groups -OCH3 is 1. The van der Waals surface area contributed by atoms with Crippen LogP contribution in [0.3, 0.4) is 0 Å². The summed E-state index contributed by atoms with van der Waals surface area (Å²) in [5.41, 5.74) is -1.99. The van der Waals surface area contributed by atoms with Crippen LogP contribution >= 0.6 is 0 Å². The maximum absolute atomic E-state index is 13.1. The lowest BCUT2D eigenvalue weighted by atomic mass is 10.1. The van der Waals surface area contributed by atoms with Gasteiger partial charge < -0.3 is 9.30 Å². The molecule has 0 amide bonds. The van der Waals surface area contributed by atoms with Gasteiger partial charge in [0.1, 0.15) is 11.6 Å². The number of hydrogen-bond acceptors (Lipinski definition) is 4. The lowest BCUT2D eigenvalue weighted by Crippen LogP contribution is -2.06. The molecule has 0 bridgehead atoms. The number of rotatable bonds is 4. The highest BCUT2D eigenvalue weighted by Crippen LogP contribution is 2.33. The van der Waals surface area contributed by atoms with E-state index in [9.17, 15) is 26.3 Å². The van der Waals surface area contributed by atoms with E-state index in [0.29, 0.717) is 5.75 Å². The maximum atomic E-state index is 13.1. The molecule has 28 heavy (non-hydrogen) atoms. The molecule has 0 aliphatic heterocycles. The minimum Gasteiger partial charge on any atom is -0.494 e. The summed E-state index contributed by atoms with van der Waals surface area (Å²) in [6, 6.07) is 3.70. The zero-order valence-corrected chi connectivity index (χ0v) is 14.2. The second kappa shape index (κ2) is 7.13. The second-order valence-electron chi connectivity index (χ2n) is 5.69. The van der Waals surface area contributed by atoms with Crippen LogP contribution in [0.4, 0.5) is 26.3 Å². The average molecular weight is 402 g/mol. The molecule has 0 atom stereocenters. The van der Waals surface area contributed by atoms with Gasteiger partial charge in [-0.3, -0.25) is 0 Å². The quantitative estimate of drug-likeness (QED) is 0.606. The number of ether oxygens (including phenoxy) is 1. The van der Waals surface area contributed by atoms with Crippen molar-refractivity contribution in [3.8, 4) is 17.1 Å². The first-order valence-electron chi connectivity index (χ1n) is 7.75. The predicted molar refractivity (Wildman–Crippen MR) is 85.4 cm³/mol. The molecule has 0 saturated heterocycles. The van der Waals surface area contributed by atoms with Crippen LogP contribution in [0.1, 0.15) is 17.1 Å². The molecule has 148 valence electrons. The lowest BCUT2D eigenvalue weighted by molar-refractivity contribution is -0.141. The van der Waals surface area contributed by atoms with Gasteiger partial charge in [-0.1, -0.05) is 12.1 Å². The first-order chi connectivity index (χ1) is 13.1. The normalized spacial score (nSPS) is 12.2. The zero-order valence-electron chi connectivity index (χ0n) is 14.2. The first kappa shape index (κ1) is 19.6. The Morgan fingerprint density at radius 1 is 0.929 bits per heavy atom. The van der Waals surface area contributed by atoms with Crippen molar-refractivity contribution in [1.29, 1.82) is 0 Å². The fourth-order valence-electron chi connectivity index (χ4n) is 2.39. The highest BCUT2D eigenvalue weighted by Gasteiger charge is 2.35. The van der Waals surface area contributed by atoms with Gasteiger partial charge >= 0.3 is 12.4 Å². The van der Waals surface area contributed by atoms with Crippen molar-refractivity contribution in [2.75, 3.05) is 7.11 Å². The Morgan fingerprint density at radius 3 is 2.04 bits per heavy atom. The van der Waals surface area contributed by atoms with E-state index in [1.54, 1.807) is 0 Å². The number of aromatic nitrogens is 4. The topological polar surface area (TPSA) is 52.8 Å². The Morgan fingerprint density at radius 2 is 1.54 bits per heavy atom. The number of alkyl halides is 6. The van der Waals surface area contributed by atoms with Gasteiger partial charge in [0.15, 0.2) is 11.4 Å². The third-order valence-electron chi connectivity index (χ3n) is 3.77. The van der Waals surface area contributed by atoms with Gasteiger partial charge in [0, 0.05) is 11.8 Å². The summed E-state index contributed by atoms with van der Waals surface area (Å²) in [5, 5.41) is 0. The Balaban J connectivity index is 2.00. The molecule has 2 heterocycles. The molecular formula is C17H12F6N4O. The van der Waals surface area contributed by atoms with Crippen LogP contribution in [0.5, 0.6) is 5.75 Å². The Labute approximate surface area is 154 Å². The van der Waals surface area contributed by atoms with Crippen molar-refractivity contribution in [3.63, 3.8) is 0 Å². The first-order valence-corrected chi connectivity index (χ1v) is 7.75. The molecule has 3 rings (SSSR count). The van der Waals surface area contributed by atoms with Crippen molar-refractivity contribution < 1.29 is 31.1 Å². The molecular weight excluding hydrogens is 390 g/mol. The van der Waals surface area contributed by atoms with E-state index in [2.05, 4.69) is 15.0 Å². The number of imidazole rings is 1. The van der Waals surface area contributed by atoms with Crippen LogP contribution in [0.2, 0.25) is 0 Å². The van der Waals surface area contributed by atoms with E-state index in [-0.39, 0.29) is 23.8 Å². The summed E-state index contributed by atoms with van der Waals surface area (Å²) >= 11 is 0. The van der Waals surface area contributed by atoms with Crippen LogP contribution in [0.25, 0.3) is 11.4 Å². The van der Waals surface area contributed by atoms with Gasteiger partial charge in [0.2, 0.25) is 0 Å². The summed E-state index contributed by atoms with van der Waals surface area (Å²) in [7, 11) is 1.41. The Bertz CT molecular complexity index is 946. The Hall–Kier alpha value is -3.11. The molecule has 1 aromatic carbocycles. The monoisotopic (exact) mass is 402 g/mol. The Kier molecular flexibility index (Phi) is 5.01. The standard InChI is InChI=1S/C17H12F6N4O/c1-28-12-6-24-14(25-7-12)9-27-8-13(17(21,22)23)26-15(27)10-2-4-11(5-3-10)16(18,19)20/h2-8H,9H2,1H3. The minimum atomic E-state index is -4.72.